The first-order chi connectivity index (χ1) is 9.19. The molecule has 1 fully saturated rings. The van der Waals surface area contributed by atoms with Crippen LogP contribution in [0.2, 0.25) is 5.02 Å². The number of halogens is 3. The average Bonchev–Trinajstić information content (AvgIpc) is 2.41. The third-order valence-corrected chi connectivity index (χ3v) is 3.79. The van der Waals surface area contributed by atoms with E-state index in [2.05, 4.69) is 4.90 Å². The lowest BCUT2D eigenvalue weighted by atomic mass is 9.98. The number of rotatable bonds is 5. The highest BCUT2D eigenvalue weighted by molar-refractivity contribution is 6.32. The molecule has 1 aromatic carbocycles. The van der Waals surface area contributed by atoms with E-state index >= 15 is 0 Å². The molecule has 0 amide bonds. The molecule has 0 spiro atoms. The Kier molecular flexibility index (Phi) is 7.59. The van der Waals surface area contributed by atoms with E-state index in [0.29, 0.717) is 23.3 Å². The van der Waals surface area contributed by atoms with Gasteiger partial charge in [0, 0.05) is 13.1 Å². The van der Waals surface area contributed by atoms with Gasteiger partial charge in [-0.1, -0.05) is 11.6 Å². The van der Waals surface area contributed by atoms with Crippen molar-refractivity contribution in [3.8, 4) is 5.75 Å². The van der Waals surface area contributed by atoms with Crippen molar-refractivity contribution in [2.45, 2.75) is 12.8 Å². The molecule has 1 aromatic rings. The third kappa shape index (κ3) is 5.09. The van der Waals surface area contributed by atoms with Crippen LogP contribution in [0.15, 0.2) is 18.2 Å². The maximum absolute atomic E-state index is 12.9. The van der Waals surface area contributed by atoms with Crippen molar-refractivity contribution < 1.29 is 9.13 Å². The third-order valence-electron chi connectivity index (χ3n) is 3.50. The van der Waals surface area contributed by atoms with Gasteiger partial charge in [0.2, 0.25) is 0 Å². The van der Waals surface area contributed by atoms with Crippen LogP contribution in [0.5, 0.6) is 5.75 Å². The summed E-state index contributed by atoms with van der Waals surface area (Å²) in [7, 11) is 0. The van der Waals surface area contributed by atoms with Crippen molar-refractivity contribution in [2.75, 3.05) is 32.8 Å². The second kappa shape index (κ2) is 8.67. The molecule has 114 valence electrons. The number of ether oxygens (including phenoxy) is 1. The summed E-state index contributed by atoms with van der Waals surface area (Å²) >= 11 is 5.90. The summed E-state index contributed by atoms with van der Waals surface area (Å²) in [6.45, 7) is 4.29. The van der Waals surface area contributed by atoms with Crippen LogP contribution in [0.4, 0.5) is 4.39 Å². The van der Waals surface area contributed by atoms with Gasteiger partial charge >= 0.3 is 0 Å². The average molecular weight is 323 g/mol. The zero-order valence-electron chi connectivity index (χ0n) is 11.4. The van der Waals surface area contributed by atoms with Crippen LogP contribution in [0.25, 0.3) is 0 Å². The molecule has 0 radical (unpaired) electrons. The predicted molar refractivity (Wildman–Crippen MR) is 82.4 cm³/mol. The molecule has 1 aliphatic rings. The molecule has 20 heavy (non-hydrogen) atoms. The van der Waals surface area contributed by atoms with Crippen LogP contribution in [0.1, 0.15) is 12.8 Å². The molecule has 0 aromatic heterocycles. The van der Waals surface area contributed by atoms with Gasteiger partial charge in [-0.2, -0.15) is 0 Å². The Bertz CT molecular complexity index is 420. The van der Waals surface area contributed by atoms with Crippen LogP contribution in [0.3, 0.4) is 0 Å². The number of piperidine rings is 1. The topological polar surface area (TPSA) is 38.5 Å². The molecule has 0 bridgehead atoms. The van der Waals surface area contributed by atoms with Crippen LogP contribution in [-0.4, -0.2) is 37.7 Å². The molecule has 2 N–H and O–H groups in total. The molecule has 1 unspecified atom stereocenters. The minimum atomic E-state index is -0.348. The fourth-order valence-corrected chi connectivity index (χ4v) is 2.65. The van der Waals surface area contributed by atoms with E-state index < -0.39 is 0 Å². The van der Waals surface area contributed by atoms with Gasteiger partial charge < -0.3 is 10.5 Å². The summed E-state index contributed by atoms with van der Waals surface area (Å²) in [5, 5.41) is 0.318. The number of hydrogen-bond donors (Lipinski definition) is 1. The van der Waals surface area contributed by atoms with Crippen molar-refractivity contribution >= 4 is 24.0 Å². The highest BCUT2D eigenvalue weighted by atomic mass is 35.5. The van der Waals surface area contributed by atoms with E-state index in [0.717, 1.165) is 26.2 Å². The molecule has 0 aliphatic carbocycles. The minimum absolute atomic E-state index is 0. The molecule has 1 aliphatic heterocycles. The SMILES string of the molecule is Cl.NCC1CCCN(CCOc2ccc(F)cc2Cl)C1. The quantitative estimate of drug-likeness (QED) is 0.905. The lowest BCUT2D eigenvalue weighted by Gasteiger charge is -2.31. The van der Waals surface area contributed by atoms with Crippen LogP contribution in [-0.2, 0) is 0 Å². The Morgan fingerprint density at radius 2 is 2.25 bits per heavy atom. The first-order valence-corrected chi connectivity index (χ1v) is 7.07. The molecule has 0 saturated carbocycles. The molecule has 1 atom stereocenters. The molecule has 6 heteroatoms. The van der Waals surface area contributed by atoms with Crippen LogP contribution in [0, 0.1) is 11.7 Å². The van der Waals surface area contributed by atoms with Crippen molar-refractivity contribution in [1.29, 1.82) is 0 Å². The smallest absolute Gasteiger partial charge is 0.138 e. The molecule has 1 saturated heterocycles. The van der Waals surface area contributed by atoms with E-state index in [1.54, 1.807) is 6.07 Å². The van der Waals surface area contributed by atoms with Crippen LogP contribution >= 0.6 is 24.0 Å². The fraction of sp³-hybridized carbons (Fsp3) is 0.571. The Balaban J connectivity index is 0.00000200. The number of benzene rings is 1. The fourth-order valence-electron chi connectivity index (χ4n) is 2.42. The Morgan fingerprint density at radius 3 is 2.95 bits per heavy atom. The van der Waals surface area contributed by atoms with Crippen molar-refractivity contribution in [1.82, 2.24) is 4.90 Å². The summed E-state index contributed by atoms with van der Waals surface area (Å²) in [5.74, 6) is 0.790. The van der Waals surface area contributed by atoms with Gasteiger partial charge in [0.25, 0.3) is 0 Å². The first kappa shape index (κ1) is 17.5. The summed E-state index contributed by atoms with van der Waals surface area (Å²) < 4.78 is 18.5. The molecule has 3 nitrogen and oxygen atoms in total. The van der Waals surface area contributed by atoms with Gasteiger partial charge in [-0.15, -0.1) is 12.4 Å². The van der Waals surface area contributed by atoms with Gasteiger partial charge in [0.1, 0.15) is 18.2 Å². The van der Waals surface area contributed by atoms with E-state index in [1.165, 1.54) is 25.0 Å². The van der Waals surface area contributed by atoms with Gasteiger partial charge in [-0.05, 0) is 50.0 Å². The second-order valence-corrected chi connectivity index (χ2v) is 5.37. The second-order valence-electron chi connectivity index (χ2n) is 4.97. The normalized spacial score (nSPS) is 19.4. The van der Waals surface area contributed by atoms with E-state index in [1.807, 2.05) is 0 Å². The van der Waals surface area contributed by atoms with E-state index in [-0.39, 0.29) is 18.2 Å². The van der Waals surface area contributed by atoms with Gasteiger partial charge in [-0.3, -0.25) is 4.90 Å². The standard InChI is InChI=1S/C14H20ClFN2O.ClH/c15-13-8-12(16)3-4-14(13)19-7-6-18-5-1-2-11(9-17)10-18;/h3-4,8,11H,1-2,5-7,9-10,17H2;1H. The van der Waals surface area contributed by atoms with Gasteiger partial charge in [0.05, 0.1) is 5.02 Å². The highest BCUT2D eigenvalue weighted by Gasteiger charge is 2.18. The Morgan fingerprint density at radius 1 is 1.45 bits per heavy atom. The molecular weight excluding hydrogens is 302 g/mol. The summed E-state index contributed by atoms with van der Waals surface area (Å²) in [4.78, 5) is 2.36. The maximum atomic E-state index is 12.9. The molecule has 2 rings (SSSR count). The number of hydrogen-bond acceptors (Lipinski definition) is 3. The molecular formula is C14H21Cl2FN2O. The van der Waals surface area contributed by atoms with Crippen LogP contribution < -0.4 is 10.5 Å². The number of nitrogens with zero attached hydrogens (tertiary/aromatic N) is 1. The zero-order chi connectivity index (χ0) is 13.7. The summed E-state index contributed by atoms with van der Waals surface area (Å²) in [6.07, 6.45) is 2.41. The number of nitrogens with two attached hydrogens (primary N) is 1. The lowest BCUT2D eigenvalue weighted by molar-refractivity contribution is 0.149. The van der Waals surface area contributed by atoms with Gasteiger partial charge in [0.15, 0.2) is 0 Å². The van der Waals surface area contributed by atoms with Crippen molar-refractivity contribution in [2.24, 2.45) is 11.7 Å². The van der Waals surface area contributed by atoms with E-state index in [9.17, 15) is 4.39 Å². The number of likely N-dealkylation sites (tertiary alicyclic amines) is 1. The largest absolute Gasteiger partial charge is 0.491 e. The minimum Gasteiger partial charge on any atom is -0.491 e. The maximum Gasteiger partial charge on any atom is 0.138 e. The summed E-state index contributed by atoms with van der Waals surface area (Å²) in [6, 6.07) is 4.19. The van der Waals surface area contributed by atoms with Gasteiger partial charge in [-0.25, -0.2) is 4.39 Å². The molecule has 1 heterocycles. The Labute approximate surface area is 130 Å². The summed E-state index contributed by atoms with van der Waals surface area (Å²) in [5.41, 5.74) is 5.71. The lowest BCUT2D eigenvalue weighted by Crippen LogP contribution is -2.40. The monoisotopic (exact) mass is 322 g/mol. The Hall–Kier alpha value is -0.550. The first-order valence-electron chi connectivity index (χ1n) is 6.69. The highest BCUT2D eigenvalue weighted by Crippen LogP contribution is 2.24. The van der Waals surface area contributed by atoms with Crippen molar-refractivity contribution in [3.63, 3.8) is 0 Å². The predicted octanol–water partition coefficient (Wildman–Crippen LogP) is 2.95. The van der Waals surface area contributed by atoms with E-state index in [4.69, 9.17) is 22.1 Å². The zero-order valence-corrected chi connectivity index (χ0v) is 12.9. The van der Waals surface area contributed by atoms with Crippen molar-refractivity contribution in [3.05, 3.63) is 29.0 Å².